The van der Waals surface area contributed by atoms with Gasteiger partial charge in [0.25, 0.3) is 0 Å². The number of nitrogens with zero attached hydrogens (tertiary/aromatic N) is 3. The van der Waals surface area contributed by atoms with Crippen molar-refractivity contribution in [3.63, 3.8) is 0 Å². The van der Waals surface area contributed by atoms with Gasteiger partial charge in [-0.25, -0.2) is 0 Å². The van der Waals surface area contributed by atoms with Crippen molar-refractivity contribution < 1.29 is 14.0 Å². The lowest BCUT2D eigenvalue weighted by atomic mass is 10.1. The van der Waals surface area contributed by atoms with Crippen LogP contribution in [0.1, 0.15) is 23.3 Å². The Kier molecular flexibility index (Phi) is 7.78. The van der Waals surface area contributed by atoms with Crippen LogP contribution in [0, 0.1) is 25.2 Å². The lowest BCUT2D eigenvalue weighted by Crippen LogP contribution is -2.41. The standard InChI is InChI=1S/C21H26N4O3/c1-16-7-4-8-17(2)21(16)23-19(26)14-24(3)15-20(27)25(11-6-10-22)13-18-9-5-12-28-18/h4-5,7-9,12H,6,11,13-15H2,1-3H3,(H,23,26). The van der Waals surface area contributed by atoms with E-state index in [4.69, 9.17) is 9.68 Å². The zero-order valence-electron chi connectivity index (χ0n) is 16.6. The molecule has 1 heterocycles. The number of carbonyl (C=O) groups is 2. The third-order valence-corrected chi connectivity index (χ3v) is 4.34. The van der Waals surface area contributed by atoms with Crippen molar-refractivity contribution in [2.45, 2.75) is 26.8 Å². The van der Waals surface area contributed by atoms with Crippen LogP contribution in [-0.2, 0) is 16.1 Å². The molecular formula is C21H26N4O3. The van der Waals surface area contributed by atoms with Crippen molar-refractivity contribution in [2.24, 2.45) is 0 Å². The van der Waals surface area contributed by atoms with Gasteiger partial charge in [-0.1, -0.05) is 18.2 Å². The smallest absolute Gasteiger partial charge is 0.238 e. The maximum atomic E-state index is 12.6. The Labute approximate surface area is 165 Å². The Balaban J connectivity index is 1.91. The Morgan fingerprint density at radius 1 is 1.14 bits per heavy atom. The number of anilines is 1. The number of hydrogen-bond acceptors (Lipinski definition) is 5. The number of para-hydroxylation sites is 1. The van der Waals surface area contributed by atoms with Crippen LogP contribution in [0.25, 0.3) is 0 Å². The number of nitriles is 1. The summed E-state index contributed by atoms with van der Waals surface area (Å²) in [5, 5.41) is 11.8. The van der Waals surface area contributed by atoms with Crippen LogP contribution in [0.2, 0.25) is 0 Å². The van der Waals surface area contributed by atoms with Gasteiger partial charge in [0.15, 0.2) is 0 Å². The molecule has 2 aromatic rings. The maximum absolute atomic E-state index is 12.6. The minimum absolute atomic E-state index is 0.0757. The van der Waals surface area contributed by atoms with E-state index in [1.54, 1.807) is 35.2 Å². The summed E-state index contributed by atoms with van der Waals surface area (Å²) in [4.78, 5) is 28.2. The lowest BCUT2D eigenvalue weighted by molar-refractivity contribution is -0.133. The van der Waals surface area contributed by atoms with Crippen LogP contribution >= 0.6 is 0 Å². The number of rotatable bonds is 9. The molecule has 0 fully saturated rings. The molecule has 2 rings (SSSR count). The van der Waals surface area contributed by atoms with Crippen molar-refractivity contribution in [3.05, 3.63) is 53.5 Å². The molecule has 1 aromatic carbocycles. The van der Waals surface area contributed by atoms with E-state index in [2.05, 4.69) is 11.4 Å². The third-order valence-electron chi connectivity index (χ3n) is 4.34. The summed E-state index contributed by atoms with van der Waals surface area (Å²) in [7, 11) is 1.72. The fraction of sp³-hybridized carbons (Fsp3) is 0.381. The van der Waals surface area contributed by atoms with Crippen LogP contribution in [0.3, 0.4) is 0 Å². The number of benzene rings is 1. The van der Waals surface area contributed by atoms with Gasteiger partial charge in [-0.3, -0.25) is 14.5 Å². The first-order chi connectivity index (χ1) is 13.4. The van der Waals surface area contributed by atoms with Gasteiger partial charge in [0, 0.05) is 12.2 Å². The van der Waals surface area contributed by atoms with E-state index in [0.717, 1.165) is 16.8 Å². The molecule has 0 bridgehead atoms. The van der Waals surface area contributed by atoms with Gasteiger partial charge in [-0.15, -0.1) is 0 Å². The van der Waals surface area contributed by atoms with E-state index < -0.39 is 0 Å². The minimum Gasteiger partial charge on any atom is -0.467 e. The molecule has 7 heteroatoms. The van der Waals surface area contributed by atoms with E-state index >= 15 is 0 Å². The Bertz CT molecular complexity index is 820. The number of amides is 2. The van der Waals surface area contributed by atoms with Gasteiger partial charge in [0.1, 0.15) is 5.76 Å². The van der Waals surface area contributed by atoms with E-state index in [9.17, 15) is 9.59 Å². The normalized spacial score (nSPS) is 10.5. The van der Waals surface area contributed by atoms with Crippen LogP contribution in [0.4, 0.5) is 5.69 Å². The van der Waals surface area contributed by atoms with Crippen molar-refractivity contribution >= 4 is 17.5 Å². The van der Waals surface area contributed by atoms with Crippen LogP contribution in [0.15, 0.2) is 41.0 Å². The molecular weight excluding hydrogens is 356 g/mol. The Morgan fingerprint density at radius 3 is 2.46 bits per heavy atom. The molecule has 148 valence electrons. The van der Waals surface area contributed by atoms with Gasteiger partial charge in [0.05, 0.1) is 38.4 Å². The second-order valence-electron chi connectivity index (χ2n) is 6.79. The largest absolute Gasteiger partial charge is 0.467 e. The average Bonchev–Trinajstić information content (AvgIpc) is 3.14. The second-order valence-corrected chi connectivity index (χ2v) is 6.79. The van der Waals surface area contributed by atoms with Gasteiger partial charge in [0.2, 0.25) is 11.8 Å². The summed E-state index contributed by atoms with van der Waals surface area (Å²) in [6.07, 6.45) is 1.79. The molecule has 2 amide bonds. The second kappa shape index (κ2) is 10.3. The number of carbonyl (C=O) groups excluding carboxylic acids is 2. The fourth-order valence-corrected chi connectivity index (χ4v) is 2.89. The molecule has 0 aliphatic rings. The van der Waals surface area contributed by atoms with Crippen molar-refractivity contribution in [3.8, 4) is 6.07 Å². The molecule has 0 atom stereocenters. The first kappa shape index (κ1) is 21.2. The fourth-order valence-electron chi connectivity index (χ4n) is 2.89. The zero-order valence-corrected chi connectivity index (χ0v) is 16.6. The summed E-state index contributed by atoms with van der Waals surface area (Å²) < 4.78 is 5.30. The summed E-state index contributed by atoms with van der Waals surface area (Å²) in [5.74, 6) is 0.318. The number of furan rings is 1. The van der Waals surface area contributed by atoms with Crippen LogP contribution in [0.5, 0.6) is 0 Å². The summed E-state index contributed by atoms with van der Waals surface area (Å²) in [6.45, 7) is 4.67. The van der Waals surface area contributed by atoms with E-state index in [0.29, 0.717) is 18.8 Å². The number of aryl methyl sites for hydroxylation is 2. The predicted molar refractivity (Wildman–Crippen MR) is 106 cm³/mol. The molecule has 1 N–H and O–H groups in total. The average molecular weight is 382 g/mol. The summed E-state index contributed by atoms with van der Waals surface area (Å²) >= 11 is 0. The molecule has 7 nitrogen and oxygen atoms in total. The Hall–Kier alpha value is -3.11. The van der Waals surface area contributed by atoms with Crippen molar-refractivity contribution in [1.29, 1.82) is 5.26 Å². The number of likely N-dealkylation sites (N-methyl/N-ethyl adjacent to an activating group) is 1. The first-order valence-corrected chi connectivity index (χ1v) is 9.12. The monoisotopic (exact) mass is 382 g/mol. The quantitative estimate of drug-likeness (QED) is 0.720. The molecule has 0 spiro atoms. The highest BCUT2D eigenvalue weighted by Gasteiger charge is 2.18. The van der Waals surface area contributed by atoms with Gasteiger partial charge >= 0.3 is 0 Å². The summed E-state index contributed by atoms with van der Waals surface area (Å²) in [6, 6.07) is 11.4. The third kappa shape index (κ3) is 6.25. The number of hydrogen-bond donors (Lipinski definition) is 1. The highest BCUT2D eigenvalue weighted by Crippen LogP contribution is 2.19. The van der Waals surface area contributed by atoms with E-state index in [1.165, 1.54) is 0 Å². The van der Waals surface area contributed by atoms with Crippen molar-refractivity contribution in [2.75, 3.05) is 32.0 Å². The van der Waals surface area contributed by atoms with Gasteiger partial charge < -0.3 is 14.6 Å². The molecule has 1 aromatic heterocycles. The minimum atomic E-state index is -0.178. The van der Waals surface area contributed by atoms with Crippen LogP contribution < -0.4 is 5.32 Å². The van der Waals surface area contributed by atoms with Crippen molar-refractivity contribution in [1.82, 2.24) is 9.80 Å². The molecule has 0 aliphatic carbocycles. The zero-order chi connectivity index (χ0) is 20.5. The molecule has 0 radical (unpaired) electrons. The predicted octanol–water partition coefficient (Wildman–Crippen LogP) is 2.71. The molecule has 0 aliphatic heterocycles. The van der Waals surface area contributed by atoms with E-state index in [-0.39, 0.29) is 31.3 Å². The molecule has 0 saturated heterocycles. The van der Waals surface area contributed by atoms with E-state index in [1.807, 2.05) is 32.0 Å². The van der Waals surface area contributed by atoms with Gasteiger partial charge in [-0.2, -0.15) is 5.26 Å². The van der Waals surface area contributed by atoms with Crippen LogP contribution in [-0.4, -0.2) is 48.3 Å². The topological polar surface area (TPSA) is 89.6 Å². The maximum Gasteiger partial charge on any atom is 0.238 e. The highest BCUT2D eigenvalue weighted by atomic mass is 16.3. The Morgan fingerprint density at radius 2 is 1.86 bits per heavy atom. The lowest BCUT2D eigenvalue weighted by Gasteiger charge is -2.24. The van der Waals surface area contributed by atoms with Gasteiger partial charge in [-0.05, 0) is 44.2 Å². The first-order valence-electron chi connectivity index (χ1n) is 9.12. The number of nitrogens with one attached hydrogen (secondary N) is 1. The highest BCUT2D eigenvalue weighted by molar-refractivity contribution is 5.94. The molecule has 0 unspecified atom stereocenters. The molecule has 0 saturated carbocycles. The summed E-state index contributed by atoms with van der Waals surface area (Å²) in [5.41, 5.74) is 2.79. The SMILES string of the molecule is Cc1cccc(C)c1NC(=O)CN(C)CC(=O)N(CCC#N)Cc1ccco1. The molecule has 28 heavy (non-hydrogen) atoms.